The molecular formula is C25H19F2N5O3. The number of fused-ring (bicyclic) bond motifs is 2. The van der Waals surface area contributed by atoms with Crippen LogP contribution in [0.1, 0.15) is 33.5 Å². The van der Waals surface area contributed by atoms with Gasteiger partial charge in [-0.2, -0.15) is 0 Å². The zero-order valence-corrected chi connectivity index (χ0v) is 18.5. The van der Waals surface area contributed by atoms with Crippen molar-refractivity contribution >= 4 is 34.2 Å². The van der Waals surface area contributed by atoms with Crippen molar-refractivity contribution in [2.75, 3.05) is 11.9 Å². The Morgan fingerprint density at radius 1 is 1.03 bits per heavy atom. The number of hydrogen-bond donors (Lipinski definition) is 1. The van der Waals surface area contributed by atoms with E-state index in [1.54, 1.807) is 47.9 Å². The molecule has 1 amide bonds. The fraction of sp³-hybridized carbons (Fsp3) is 0.120. The molecule has 10 heteroatoms. The first kappa shape index (κ1) is 22.2. The van der Waals surface area contributed by atoms with Crippen molar-refractivity contribution in [2.24, 2.45) is 0 Å². The topological polar surface area (TPSA) is 90.5 Å². The summed E-state index contributed by atoms with van der Waals surface area (Å²) in [4.78, 5) is 29.3. The van der Waals surface area contributed by atoms with Crippen LogP contribution >= 0.6 is 0 Å². The van der Waals surface area contributed by atoms with Crippen molar-refractivity contribution < 1.29 is 23.1 Å². The van der Waals surface area contributed by atoms with E-state index in [2.05, 4.69) is 15.4 Å². The smallest absolute Gasteiger partial charge is 0.358 e. The third-order valence-electron chi connectivity index (χ3n) is 5.37. The molecule has 0 bridgehead atoms. The SMILES string of the molecule is CCOC(=O)c1cn2nc(NC(=O)c3cc4cc(F)ccc4n3Cc3cccc(F)c3)ccc2n1. The fourth-order valence-corrected chi connectivity index (χ4v) is 3.85. The number of nitrogens with one attached hydrogen (secondary N) is 1. The van der Waals surface area contributed by atoms with Crippen LogP contribution in [-0.4, -0.2) is 37.6 Å². The predicted molar refractivity (Wildman–Crippen MR) is 124 cm³/mol. The van der Waals surface area contributed by atoms with Gasteiger partial charge < -0.3 is 14.6 Å². The van der Waals surface area contributed by atoms with E-state index in [0.29, 0.717) is 22.1 Å². The molecule has 0 fully saturated rings. The number of halogens is 2. The lowest BCUT2D eigenvalue weighted by molar-refractivity contribution is 0.0520. The molecule has 0 aliphatic heterocycles. The van der Waals surface area contributed by atoms with Gasteiger partial charge in [-0.1, -0.05) is 12.1 Å². The molecule has 5 rings (SSSR count). The fourth-order valence-electron chi connectivity index (χ4n) is 3.85. The summed E-state index contributed by atoms with van der Waals surface area (Å²) in [7, 11) is 0. The van der Waals surface area contributed by atoms with E-state index in [-0.39, 0.29) is 30.4 Å². The van der Waals surface area contributed by atoms with E-state index >= 15 is 0 Å². The average molecular weight is 475 g/mol. The molecule has 3 heterocycles. The number of amides is 1. The molecular weight excluding hydrogens is 456 g/mol. The predicted octanol–water partition coefficient (Wildman–Crippen LogP) is 4.44. The van der Waals surface area contributed by atoms with Crippen molar-refractivity contribution in [3.05, 3.63) is 95.4 Å². The maximum atomic E-state index is 13.8. The van der Waals surface area contributed by atoms with E-state index in [1.807, 2.05) is 0 Å². The maximum Gasteiger partial charge on any atom is 0.358 e. The molecule has 5 aromatic rings. The van der Waals surface area contributed by atoms with E-state index < -0.39 is 23.5 Å². The van der Waals surface area contributed by atoms with Crippen molar-refractivity contribution in [1.82, 2.24) is 19.2 Å². The molecule has 0 radical (unpaired) electrons. The standard InChI is InChI=1S/C25H19F2N5O3/c1-2-35-25(34)19-14-32-23(28-19)9-8-22(30-32)29-24(33)21-12-16-11-18(27)6-7-20(16)31(21)13-15-4-3-5-17(26)10-15/h3-12,14H,2,13H2,1H3,(H,29,30,33). The lowest BCUT2D eigenvalue weighted by atomic mass is 10.2. The van der Waals surface area contributed by atoms with Gasteiger partial charge >= 0.3 is 5.97 Å². The Morgan fingerprint density at radius 3 is 2.66 bits per heavy atom. The molecule has 0 atom stereocenters. The van der Waals surface area contributed by atoms with Gasteiger partial charge in [-0.25, -0.2) is 23.1 Å². The Balaban J connectivity index is 1.48. The molecule has 1 N–H and O–H groups in total. The van der Waals surface area contributed by atoms with Gasteiger partial charge in [0.1, 0.15) is 17.3 Å². The number of rotatable bonds is 6. The minimum Gasteiger partial charge on any atom is -0.461 e. The van der Waals surface area contributed by atoms with Gasteiger partial charge in [0, 0.05) is 17.4 Å². The van der Waals surface area contributed by atoms with Crippen molar-refractivity contribution in [2.45, 2.75) is 13.5 Å². The highest BCUT2D eigenvalue weighted by atomic mass is 19.1. The Labute approximate surface area is 197 Å². The quantitative estimate of drug-likeness (QED) is 0.367. The number of ether oxygens (including phenoxy) is 1. The van der Waals surface area contributed by atoms with Crippen LogP contribution in [0.3, 0.4) is 0 Å². The van der Waals surface area contributed by atoms with Crippen molar-refractivity contribution in [3.63, 3.8) is 0 Å². The molecule has 35 heavy (non-hydrogen) atoms. The number of aromatic nitrogens is 4. The van der Waals surface area contributed by atoms with Gasteiger partial charge in [-0.05, 0) is 61.0 Å². The third-order valence-corrected chi connectivity index (χ3v) is 5.37. The zero-order chi connectivity index (χ0) is 24.5. The molecule has 0 unspecified atom stereocenters. The number of hydrogen-bond acceptors (Lipinski definition) is 5. The van der Waals surface area contributed by atoms with Gasteiger partial charge in [-0.3, -0.25) is 4.79 Å². The lowest BCUT2D eigenvalue weighted by Gasteiger charge is -2.11. The third kappa shape index (κ3) is 4.45. The van der Waals surface area contributed by atoms with E-state index in [9.17, 15) is 18.4 Å². The lowest BCUT2D eigenvalue weighted by Crippen LogP contribution is -2.18. The Bertz CT molecular complexity index is 1590. The molecule has 0 aliphatic carbocycles. The summed E-state index contributed by atoms with van der Waals surface area (Å²) in [5.74, 6) is -1.68. The van der Waals surface area contributed by atoms with E-state index in [1.165, 1.54) is 35.0 Å². The molecule has 0 spiro atoms. The van der Waals surface area contributed by atoms with Crippen molar-refractivity contribution in [1.29, 1.82) is 0 Å². The highest BCUT2D eigenvalue weighted by Gasteiger charge is 2.18. The summed E-state index contributed by atoms with van der Waals surface area (Å²) in [6.45, 7) is 2.11. The summed E-state index contributed by atoms with van der Waals surface area (Å²) < 4.78 is 35.6. The maximum absolute atomic E-state index is 13.8. The van der Waals surface area contributed by atoms with Crippen molar-refractivity contribution in [3.8, 4) is 0 Å². The minimum absolute atomic E-state index is 0.0973. The Kier molecular flexibility index (Phi) is 5.69. The van der Waals surface area contributed by atoms with Gasteiger partial charge in [0.15, 0.2) is 17.2 Å². The molecule has 0 saturated carbocycles. The van der Waals surface area contributed by atoms with Crippen LogP contribution in [0.2, 0.25) is 0 Å². The van der Waals surface area contributed by atoms with Gasteiger partial charge in [-0.15, -0.1) is 5.10 Å². The summed E-state index contributed by atoms with van der Waals surface area (Å²) in [6.07, 6.45) is 1.41. The van der Waals surface area contributed by atoms with Crippen LogP contribution < -0.4 is 5.32 Å². The van der Waals surface area contributed by atoms with E-state index in [0.717, 1.165) is 0 Å². The molecule has 0 aliphatic rings. The highest BCUT2D eigenvalue weighted by Crippen LogP contribution is 2.24. The molecule has 8 nitrogen and oxygen atoms in total. The number of benzene rings is 2. The number of imidazole rings is 1. The number of anilines is 1. The number of nitrogens with zero attached hydrogens (tertiary/aromatic N) is 4. The summed E-state index contributed by atoms with van der Waals surface area (Å²) >= 11 is 0. The summed E-state index contributed by atoms with van der Waals surface area (Å²) in [6, 6.07) is 15.0. The number of esters is 1. The van der Waals surface area contributed by atoms with E-state index in [4.69, 9.17) is 4.74 Å². The van der Waals surface area contributed by atoms with Crippen LogP contribution in [0.25, 0.3) is 16.6 Å². The first-order valence-corrected chi connectivity index (χ1v) is 10.8. The summed E-state index contributed by atoms with van der Waals surface area (Å²) in [5.41, 5.74) is 2.01. The van der Waals surface area contributed by atoms with Gasteiger partial charge in [0.2, 0.25) is 0 Å². The normalized spacial score (nSPS) is 11.2. The first-order chi connectivity index (χ1) is 16.9. The largest absolute Gasteiger partial charge is 0.461 e. The Hall–Kier alpha value is -4.60. The van der Waals surface area contributed by atoms with Gasteiger partial charge in [0.05, 0.1) is 12.8 Å². The van der Waals surface area contributed by atoms with Crippen LogP contribution in [-0.2, 0) is 11.3 Å². The second-order valence-corrected chi connectivity index (χ2v) is 7.77. The van der Waals surface area contributed by atoms with Crippen LogP contribution in [0.15, 0.2) is 66.9 Å². The monoisotopic (exact) mass is 475 g/mol. The first-order valence-electron chi connectivity index (χ1n) is 10.8. The molecule has 176 valence electrons. The van der Waals surface area contributed by atoms with Crippen LogP contribution in [0.5, 0.6) is 0 Å². The van der Waals surface area contributed by atoms with Crippen LogP contribution in [0.4, 0.5) is 14.6 Å². The number of carbonyl (C=O) groups is 2. The minimum atomic E-state index is -0.572. The number of carbonyl (C=O) groups excluding carboxylic acids is 2. The average Bonchev–Trinajstić information content (AvgIpc) is 3.40. The molecule has 3 aromatic heterocycles. The van der Waals surface area contributed by atoms with Crippen LogP contribution in [0, 0.1) is 11.6 Å². The van der Waals surface area contributed by atoms with Gasteiger partial charge in [0.25, 0.3) is 5.91 Å². The highest BCUT2D eigenvalue weighted by molar-refractivity contribution is 6.06. The zero-order valence-electron chi connectivity index (χ0n) is 18.5. The Morgan fingerprint density at radius 2 is 1.86 bits per heavy atom. The molecule has 0 saturated heterocycles. The summed E-state index contributed by atoms with van der Waals surface area (Å²) in [5, 5.41) is 7.55. The second-order valence-electron chi connectivity index (χ2n) is 7.77. The molecule has 2 aromatic carbocycles. The second kappa shape index (κ2) is 8.98.